The maximum absolute atomic E-state index is 14.0. The molecule has 6 aromatic rings. The average Bonchev–Trinajstić information content (AvgIpc) is 3.46. The van der Waals surface area contributed by atoms with E-state index >= 15 is 0 Å². The Hall–Kier alpha value is -5.21. The molecule has 0 aliphatic heterocycles. The highest BCUT2D eigenvalue weighted by molar-refractivity contribution is 7.15. The number of aromatic nitrogens is 1. The molecule has 7 nitrogen and oxygen atoms in total. The van der Waals surface area contributed by atoms with E-state index in [2.05, 4.69) is 5.32 Å². The first kappa shape index (κ1) is 27.0. The number of carbonyl (C=O) groups excluding carboxylic acids is 2. The van der Waals surface area contributed by atoms with Crippen LogP contribution in [0.2, 0.25) is 0 Å². The number of fused-ring (bicyclic) bond motifs is 2. The van der Waals surface area contributed by atoms with Gasteiger partial charge in [0.15, 0.2) is 0 Å². The SMILES string of the molecule is COC(=O)c1c(-c2cccc3ccccc23)csc1NC(=O)c1cc(-c2cc(OC)ccc2OC)nc2ccccc12. The van der Waals surface area contributed by atoms with E-state index < -0.39 is 5.97 Å². The molecule has 1 N–H and O–H groups in total. The van der Waals surface area contributed by atoms with E-state index in [0.717, 1.165) is 16.3 Å². The summed E-state index contributed by atoms with van der Waals surface area (Å²) < 4.78 is 16.2. The first-order valence-corrected chi connectivity index (χ1v) is 14.0. The van der Waals surface area contributed by atoms with Gasteiger partial charge in [0.1, 0.15) is 22.1 Å². The van der Waals surface area contributed by atoms with Gasteiger partial charge in [0.05, 0.1) is 38.1 Å². The van der Waals surface area contributed by atoms with E-state index in [9.17, 15) is 9.59 Å². The van der Waals surface area contributed by atoms with Gasteiger partial charge in [-0.3, -0.25) is 4.79 Å². The molecule has 0 saturated carbocycles. The molecule has 0 unspecified atom stereocenters. The van der Waals surface area contributed by atoms with Gasteiger partial charge in [-0.2, -0.15) is 0 Å². The van der Waals surface area contributed by atoms with Crippen molar-refractivity contribution in [1.29, 1.82) is 0 Å². The molecule has 4 aromatic carbocycles. The lowest BCUT2D eigenvalue weighted by molar-refractivity contribution is 0.0603. The highest BCUT2D eigenvalue weighted by Gasteiger charge is 2.25. The fraction of sp³-hybridized carbons (Fsp3) is 0.0882. The Kier molecular flexibility index (Phi) is 7.29. The highest BCUT2D eigenvalue weighted by Crippen LogP contribution is 2.40. The summed E-state index contributed by atoms with van der Waals surface area (Å²) in [6, 6.07) is 28.5. The molecule has 0 aliphatic rings. The van der Waals surface area contributed by atoms with E-state index in [1.54, 1.807) is 32.4 Å². The minimum atomic E-state index is -0.532. The lowest BCUT2D eigenvalue weighted by Gasteiger charge is -2.14. The normalized spacial score (nSPS) is 10.9. The van der Waals surface area contributed by atoms with Crippen LogP contribution in [-0.2, 0) is 4.74 Å². The minimum Gasteiger partial charge on any atom is -0.497 e. The molecule has 1 amide bonds. The van der Waals surface area contributed by atoms with Crippen molar-refractivity contribution in [1.82, 2.24) is 4.98 Å². The van der Waals surface area contributed by atoms with Crippen molar-refractivity contribution >= 4 is 49.9 Å². The standard InChI is InChI=1S/C34H26N2O5S/c1-39-21-15-16-30(40-2)26(17-21)29-18-25(24-12-6-7-14-28(24)35-29)32(37)36-33-31(34(38)41-3)27(19-42-33)23-13-8-10-20-9-4-5-11-22(20)23/h4-19H,1-3H3,(H,36,37). The summed E-state index contributed by atoms with van der Waals surface area (Å²) in [5.41, 5.74) is 4.15. The van der Waals surface area contributed by atoms with Gasteiger partial charge in [0.25, 0.3) is 5.91 Å². The van der Waals surface area contributed by atoms with Gasteiger partial charge in [-0.25, -0.2) is 9.78 Å². The van der Waals surface area contributed by atoms with Crippen LogP contribution in [0.25, 0.3) is 44.1 Å². The number of methoxy groups -OCH3 is 3. The Balaban J connectivity index is 1.47. The Morgan fingerprint density at radius 1 is 0.762 bits per heavy atom. The number of ether oxygens (including phenoxy) is 3. The maximum Gasteiger partial charge on any atom is 0.341 e. The Labute approximate surface area is 246 Å². The number of para-hydroxylation sites is 1. The largest absolute Gasteiger partial charge is 0.497 e. The number of pyridine rings is 1. The number of esters is 1. The number of amides is 1. The molecule has 2 aromatic heterocycles. The molecule has 42 heavy (non-hydrogen) atoms. The summed E-state index contributed by atoms with van der Waals surface area (Å²) in [5, 5.41) is 7.99. The molecule has 0 radical (unpaired) electrons. The van der Waals surface area contributed by atoms with Gasteiger partial charge in [-0.05, 0) is 46.7 Å². The van der Waals surface area contributed by atoms with Crippen LogP contribution in [-0.4, -0.2) is 38.2 Å². The van der Waals surface area contributed by atoms with Crippen molar-refractivity contribution in [2.45, 2.75) is 0 Å². The number of rotatable bonds is 7. The predicted molar refractivity (Wildman–Crippen MR) is 167 cm³/mol. The zero-order valence-corrected chi connectivity index (χ0v) is 24.0. The first-order valence-electron chi connectivity index (χ1n) is 13.1. The van der Waals surface area contributed by atoms with Gasteiger partial charge < -0.3 is 19.5 Å². The Bertz CT molecular complexity index is 1980. The molecular formula is C34H26N2O5S. The van der Waals surface area contributed by atoms with Crippen molar-refractivity contribution < 1.29 is 23.8 Å². The van der Waals surface area contributed by atoms with Gasteiger partial charge in [-0.1, -0.05) is 60.7 Å². The van der Waals surface area contributed by atoms with Crippen LogP contribution in [0.1, 0.15) is 20.7 Å². The summed E-state index contributed by atoms with van der Waals surface area (Å²) >= 11 is 1.28. The van der Waals surface area contributed by atoms with Crippen LogP contribution in [0.4, 0.5) is 5.00 Å². The molecule has 2 heterocycles. The van der Waals surface area contributed by atoms with Crippen LogP contribution in [0, 0.1) is 0 Å². The Morgan fingerprint density at radius 3 is 2.31 bits per heavy atom. The lowest BCUT2D eigenvalue weighted by Crippen LogP contribution is -2.15. The fourth-order valence-corrected chi connectivity index (χ4v) is 6.04. The van der Waals surface area contributed by atoms with Gasteiger partial charge >= 0.3 is 5.97 Å². The third kappa shape index (κ3) is 4.82. The quantitative estimate of drug-likeness (QED) is 0.196. The molecule has 6 rings (SSSR count). The predicted octanol–water partition coefficient (Wildman–Crippen LogP) is 7.84. The number of anilines is 1. The summed E-state index contributed by atoms with van der Waals surface area (Å²) in [6.07, 6.45) is 0. The minimum absolute atomic E-state index is 0.306. The zero-order chi connectivity index (χ0) is 29.2. The van der Waals surface area contributed by atoms with Crippen molar-refractivity contribution in [3.63, 3.8) is 0 Å². The molecule has 0 saturated heterocycles. The monoisotopic (exact) mass is 574 g/mol. The molecule has 8 heteroatoms. The second-order valence-corrected chi connectivity index (χ2v) is 10.3. The third-order valence-corrected chi connectivity index (χ3v) is 8.03. The molecule has 0 fully saturated rings. The van der Waals surface area contributed by atoms with Crippen LogP contribution in [0.3, 0.4) is 0 Å². The zero-order valence-electron chi connectivity index (χ0n) is 23.1. The topological polar surface area (TPSA) is 86.8 Å². The lowest BCUT2D eigenvalue weighted by atomic mass is 9.97. The van der Waals surface area contributed by atoms with Crippen LogP contribution >= 0.6 is 11.3 Å². The van der Waals surface area contributed by atoms with Crippen molar-refractivity contribution in [3.05, 3.63) is 108 Å². The summed E-state index contributed by atoms with van der Waals surface area (Å²) in [7, 11) is 4.51. The van der Waals surface area contributed by atoms with Crippen LogP contribution < -0.4 is 14.8 Å². The van der Waals surface area contributed by atoms with Crippen molar-refractivity contribution in [3.8, 4) is 33.9 Å². The molecule has 0 aliphatic carbocycles. The average molecular weight is 575 g/mol. The van der Waals surface area contributed by atoms with Gasteiger partial charge in [-0.15, -0.1) is 11.3 Å². The van der Waals surface area contributed by atoms with Crippen LogP contribution in [0.15, 0.2) is 96.4 Å². The van der Waals surface area contributed by atoms with Crippen molar-refractivity contribution in [2.24, 2.45) is 0 Å². The number of carbonyl (C=O) groups is 2. The van der Waals surface area contributed by atoms with Gasteiger partial charge in [0, 0.05) is 21.9 Å². The smallest absolute Gasteiger partial charge is 0.341 e. The molecule has 208 valence electrons. The summed E-state index contributed by atoms with van der Waals surface area (Å²) in [5.74, 6) is 0.314. The fourth-order valence-electron chi connectivity index (χ4n) is 5.10. The first-order chi connectivity index (χ1) is 20.5. The Morgan fingerprint density at radius 2 is 1.52 bits per heavy atom. The number of thiophene rings is 1. The summed E-state index contributed by atoms with van der Waals surface area (Å²) in [6.45, 7) is 0. The van der Waals surface area contributed by atoms with Crippen LogP contribution in [0.5, 0.6) is 11.5 Å². The number of nitrogens with zero attached hydrogens (tertiary/aromatic N) is 1. The van der Waals surface area contributed by atoms with Gasteiger partial charge in [0.2, 0.25) is 0 Å². The second-order valence-electron chi connectivity index (χ2n) is 9.46. The second kappa shape index (κ2) is 11.3. The highest BCUT2D eigenvalue weighted by atomic mass is 32.1. The maximum atomic E-state index is 14.0. The van der Waals surface area contributed by atoms with Crippen molar-refractivity contribution in [2.75, 3.05) is 26.6 Å². The molecular weight excluding hydrogens is 548 g/mol. The number of hydrogen-bond donors (Lipinski definition) is 1. The number of hydrogen-bond acceptors (Lipinski definition) is 7. The van der Waals surface area contributed by atoms with E-state index in [0.29, 0.717) is 55.4 Å². The van der Waals surface area contributed by atoms with E-state index in [1.807, 2.05) is 78.2 Å². The van der Waals surface area contributed by atoms with E-state index in [4.69, 9.17) is 19.2 Å². The van der Waals surface area contributed by atoms with E-state index in [-0.39, 0.29) is 5.91 Å². The van der Waals surface area contributed by atoms with E-state index in [1.165, 1.54) is 18.4 Å². The number of benzene rings is 4. The molecule has 0 spiro atoms. The molecule has 0 bridgehead atoms. The third-order valence-electron chi connectivity index (χ3n) is 7.13. The number of nitrogens with one attached hydrogen (secondary N) is 1. The molecule has 0 atom stereocenters. The summed E-state index contributed by atoms with van der Waals surface area (Å²) in [4.78, 5) is 31.9.